The molecule has 0 N–H and O–H groups in total. The minimum atomic E-state index is -0.286. The van der Waals surface area contributed by atoms with Gasteiger partial charge in [0.1, 0.15) is 12.7 Å². The van der Waals surface area contributed by atoms with Crippen LogP contribution in [0.4, 0.5) is 0 Å². The van der Waals surface area contributed by atoms with Crippen LogP contribution in [-0.4, -0.2) is 49.2 Å². The smallest absolute Gasteiger partial charge is 0.302 e. The second-order valence-corrected chi connectivity index (χ2v) is 4.09. The number of ether oxygens (including phenoxy) is 3. The predicted molar refractivity (Wildman–Crippen MR) is 57.6 cm³/mol. The lowest BCUT2D eigenvalue weighted by molar-refractivity contribution is -0.146. The van der Waals surface area contributed by atoms with E-state index in [1.807, 2.05) is 0 Å². The number of hydrogen-bond acceptors (Lipinski definition) is 4. The van der Waals surface area contributed by atoms with E-state index in [0.29, 0.717) is 6.61 Å². The monoisotopic (exact) mass is 220 g/mol. The average molecular weight is 220 g/mol. The van der Waals surface area contributed by atoms with E-state index in [4.69, 9.17) is 14.2 Å². The Balaban J connectivity index is 3.42. The van der Waals surface area contributed by atoms with Gasteiger partial charge in [-0.05, 0) is 6.42 Å². The van der Waals surface area contributed by atoms with E-state index >= 15 is 0 Å². The van der Waals surface area contributed by atoms with Gasteiger partial charge >= 0.3 is 5.97 Å². The Kier molecular flexibility index (Phi) is 8.92. The van der Waals surface area contributed by atoms with Crippen LogP contribution in [0.2, 0.25) is 6.04 Å². The molecule has 0 saturated heterocycles. The van der Waals surface area contributed by atoms with Gasteiger partial charge in [0, 0.05) is 30.9 Å². The maximum absolute atomic E-state index is 10.5. The topological polar surface area (TPSA) is 44.8 Å². The molecule has 0 heterocycles. The van der Waals surface area contributed by atoms with Crippen molar-refractivity contribution in [1.29, 1.82) is 0 Å². The maximum atomic E-state index is 10.5. The van der Waals surface area contributed by atoms with Crippen LogP contribution < -0.4 is 0 Å². The summed E-state index contributed by atoms with van der Waals surface area (Å²) < 4.78 is 15.3. The van der Waals surface area contributed by atoms with Crippen molar-refractivity contribution >= 4 is 16.2 Å². The Labute approximate surface area is 88.3 Å². The average Bonchev–Trinajstić information content (AvgIpc) is 2.16. The largest absolute Gasteiger partial charge is 0.463 e. The summed E-state index contributed by atoms with van der Waals surface area (Å²) >= 11 is 0. The van der Waals surface area contributed by atoms with Crippen molar-refractivity contribution in [3.63, 3.8) is 0 Å². The molecule has 0 aromatic carbocycles. The lowest BCUT2D eigenvalue weighted by atomic mass is 10.4. The highest BCUT2D eigenvalue weighted by Crippen LogP contribution is 1.95. The lowest BCUT2D eigenvalue weighted by Gasteiger charge is -2.14. The van der Waals surface area contributed by atoms with Crippen LogP contribution in [0, 0.1) is 0 Å². The third-order valence-corrected chi connectivity index (χ3v) is 2.46. The molecule has 0 aromatic heterocycles. The van der Waals surface area contributed by atoms with Crippen LogP contribution in [0.15, 0.2) is 0 Å². The zero-order valence-corrected chi connectivity index (χ0v) is 11.2. The normalized spacial score (nSPS) is 12.7. The molecule has 0 aliphatic carbocycles. The molecule has 0 amide bonds. The number of hydrogen-bond donors (Lipinski definition) is 0. The summed E-state index contributed by atoms with van der Waals surface area (Å²) in [6.07, 6.45) is 0.962. The summed E-state index contributed by atoms with van der Waals surface area (Å²) in [5.74, 6) is -0.286. The van der Waals surface area contributed by atoms with Crippen molar-refractivity contribution in [1.82, 2.24) is 0 Å². The fourth-order valence-electron chi connectivity index (χ4n) is 0.856. The first-order chi connectivity index (χ1) is 6.70. The minimum absolute atomic E-state index is 0.145. The van der Waals surface area contributed by atoms with Crippen molar-refractivity contribution < 1.29 is 19.0 Å². The van der Waals surface area contributed by atoms with E-state index in [0.717, 1.165) is 13.0 Å². The van der Waals surface area contributed by atoms with Gasteiger partial charge in [0.25, 0.3) is 0 Å². The molecule has 1 atom stereocenters. The fraction of sp³-hybridized carbons (Fsp3) is 0.889. The molecule has 0 spiro atoms. The molecular weight excluding hydrogens is 200 g/mol. The van der Waals surface area contributed by atoms with Gasteiger partial charge < -0.3 is 14.2 Å². The predicted octanol–water partition coefficient (Wildman–Crippen LogP) is -0.245. The molecule has 0 aliphatic heterocycles. The lowest BCUT2D eigenvalue weighted by Crippen LogP contribution is -2.25. The van der Waals surface area contributed by atoms with E-state index in [-0.39, 0.29) is 18.7 Å². The molecule has 84 valence electrons. The van der Waals surface area contributed by atoms with Crippen molar-refractivity contribution in [2.24, 2.45) is 0 Å². The summed E-state index contributed by atoms with van der Waals surface area (Å²) in [6, 6.07) is 1.25. The molecule has 14 heavy (non-hydrogen) atoms. The zero-order valence-electron chi connectivity index (χ0n) is 9.25. The minimum Gasteiger partial charge on any atom is -0.463 e. The summed E-state index contributed by atoms with van der Waals surface area (Å²) in [4.78, 5) is 10.5. The molecule has 4 nitrogen and oxygen atoms in total. The highest BCUT2D eigenvalue weighted by atomic mass is 28.1. The Morgan fingerprint density at radius 1 is 1.43 bits per heavy atom. The maximum Gasteiger partial charge on any atom is 0.302 e. The Morgan fingerprint density at radius 3 is 2.64 bits per heavy atom. The molecule has 0 aliphatic rings. The Bertz CT molecular complexity index is 152. The number of esters is 1. The van der Waals surface area contributed by atoms with Crippen LogP contribution in [0.3, 0.4) is 0 Å². The van der Waals surface area contributed by atoms with Crippen LogP contribution >= 0.6 is 0 Å². The van der Waals surface area contributed by atoms with Crippen molar-refractivity contribution in [3.8, 4) is 0 Å². The first-order valence-corrected chi connectivity index (χ1v) is 6.36. The van der Waals surface area contributed by atoms with E-state index in [1.54, 1.807) is 7.11 Å². The van der Waals surface area contributed by atoms with Crippen molar-refractivity contribution in [3.05, 3.63) is 0 Å². The second kappa shape index (κ2) is 9.17. The van der Waals surface area contributed by atoms with Crippen molar-refractivity contribution in [2.45, 2.75) is 25.5 Å². The van der Waals surface area contributed by atoms with Crippen LogP contribution in [-0.2, 0) is 19.0 Å². The molecule has 0 saturated carbocycles. The molecule has 5 heteroatoms. The Morgan fingerprint density at radius 2 is 2.14 bits per heavy atom. The van der Waals surface area contributed by atoms with E-state index in [9.17, 15) is 4.79 Å². The number of methoxy groups -OCH3 is 1. The molecule has 0 bridgehead atoms. The van der Waals surface area contributed by atoms with Gasteiger partial charge in [-0.25, -0.2) is 0 Å². The third-order valence-electron chi connectivity index (χ3n) is 1.75. The summed E-state index contributed by atoms with van der Waals surface area (Å²) in [6.45, 7) is 2.91. The Hall–Kier alpha value is -0.393. The molecule has 0 radical (unpaired) electrons. The van der Waals surface area contributed by atoms with Gasteiger partial charge in [-0.2, -0.15) is 0 Å². The highest BCUT2D eigenvalue weighted by molar-refractivity contribution is 6.08. The molecule has 0 fully saturated rings. The number of carbonyl (C=O) groups excluding carboxylic acids is 1. The second-order valence-electron chi connectivity index (χ2n) is 3.09. The van der Waals surface area contributed by atoms with E-state index in [1.165, 1.54) is 23.2 Å². The standard InChI is InChI=1S/C9H20O4Si/c1-8(10)13-7-9(11-2)6-12-4-3-5-14/h9H,3-7H2,1-2,14H3. The summed E-state index contributed by atoms with van der Waals surface area (Å²) in [5, 5.41) is 0. The zero-order chi connectivity index (χ0) is 10.8. The van der Waals surface area contributed by atoms with Gasteiger partial charge in [-0.3, -0.25) is 4.79 Å². The summed E-state index contributed by atoms with van der Waals surface area (Å²) in [5.41, 5.74) is 0. The van der Waals surface area contributed by atoms with Gasteiger partial charge in [-0.15, -0.1) is 0 Å². The third kappa shape index (κ3) is 8.22. The SMILES string of the molecule is COC(COCCC[SiH3])COC(C)=O. The molecule has 0 rings (SSSR count). The van der Waals surface area contributed by atoms with Crippen LogP contribution in [0.25, 0.3) is 0 Å². The van der Waals surface area contributed by atoms with Crippen LogP contribution in [0.1, 0.15) is 13.3 Å². The molecular formula is C9H20O4Si. The highest BCUT2D eigenvalue weighted by Gasteiger charge is 2.08. The van der Waals surface area contributed by atoms with Crippen molar-refractivity contribution in [2.75, 3.05) is 26.9 Å². The first-order valence-electron chi connectivity index (χ1n) is 4.94. The van der Waals surface area contributed by atoms with Gasteiger partial charge in [0.15, 0.2) is 0 Å². The van der Waals surface area contributed by atoms with Gasteiger partial charge in [0.05, 0.1) is 6.61 Å². The van der Waals surface area contributed by atoms with Gasteiger partial charge in [-0.1, -0.05) is 6.04 Å². The fourth-order valence-corrected chi connectivity index (χ4v) is 1.14. The van der Waals surface area contributed by atoms with E-state index < -0.39 is 0 Å². The molecule has 1 unspecified atom stereocenters. The first kappa shape index (κ1) is 13.6. The number of rotatable bonds is 8. The number of carbonyl (C=O) groups is 1. The van der Waals surface area contributed by atoms with Crippen LogP contribution in [0.5, 0.6) is 0 Å². The van der Waals surface area contributed by atoms with E-state index in [2.05, 4.69) is 0 Å². The summed E-state index contributed by atoms with van der Waals surface area (Å²) in [7, 11) is 2.81. The molecule has 0 aromatic rings. The quantitative estimate of drug-likeness (QED) is 0.322. The van der Waals surface area contributed by atoms with Gasteiger partial charge in [0.2, 0.25) is 0 Å².